The van der Waals surface area contributed by atoms with E-state index >= 15 is 0 Å². The van der Waals surface area contributed by atoms with Gasteiger partial charge in [0, 0.05) is 43.8 Å². The highest BCUT2D eigenvalue weighted by atomic mass is 32.2. The third-order valence-electron chi connectivity index (χ3n) is 7.25. The first-order valence-electron chi connectivity index (χ1n) is 13.4. The van der Waals surface area contributed by atoms with Crippen LogP contribution in [0.25, 0.3) is 17.0 Å². The number of amides is 2. The minimum Gasteiger partial charge on any atom is -0.454 e. The second-order valence-corrected chi connectivity index (χ2v) is 11.8. The minimum absolute atomic E-state index is 0.0120. The van der Waals surface area contributed by atoms with Gasteiger partial charge in [-0.15, -0.1) is 0 Å². The van der Waals surface area contributed by atoms with Crippen LogP contribution in [0.2, 0.25) is 0 Å². The number of nitrogens with one attached hydrogen (secondary N) is 1. The first kappa shape index (κ1) is 27.4. The smallest absolute Gasteiger partial charge is 0.246 e. The van der Waals surface area contributed by atoms with Gasteiger partial charge in [0.05, 0.1) is 5.52 Å². The van der Waals surface area contributed by atoms with Crippen LogP contribution in [0.4, 0.5) is 0 Å². The van der Waals surface area contributed by atoms with Crippen LogP contribution in [-0.2, 0) is 26.2 Å². The molecular weight excluding hydrogens is 556 g/mol. The van der Waals surface area contributed by atoms with Crippen molar-refractivity contribution >= 4 is 38.8 Å². The van der Waals surface area contributed by atoms with Crippen LogP contribution in [-0.4, -0.2) is 66.9 Å². The monoisotopic (exact) mass is 584 g/mol. The summed E-state index contributed by atoms with van der Waals surface area (Å²) in [6.45, 7) is 0.228. The molecule has 2 aliphatic rings. The molecule has 11 heteroatoms. The molecule has 1 fully saturated rings. The lowest BCUT2D eigenvalue weighted by atomic mass is 10.1. The number of fused-ring (bicyclic) bond motifs is 2. The van der Waals surface area contributed by atoms with Crippen molar-refractivity contribution in [1.29, 1.82) is 0 Å². The summed E-state index contributed by atoms with van der Waals surface area (Å²) < 4.78 is 40.1. The van der Waals surface area contributed by atoms with Crippen LogP contribution in [0, 0.1) is 0 Å². The van der Waals surface area contributed by atoms with E-state index in [9.17, 15) is 18.0 Å². The van der Waals surface area contributed by atoms with Crippen molar-refractivity contribution in [3.8, 4) is 11.5 Å². The molecule has 3 aromatic carbocycles. The van der Waals surface area contributed by atoms with Crippen molar-refractivity contribution in [1.82, 2.24) is 19.5 Å². The van der Waals surface area contributed by atoms with Gasteiger partial charge < -0.3 is 19.7 Å². The predicted molar refractivity (Wildman–Crippen MR) is 156 cm³/mol. The number of nitrogens with zero attached hydrogens (tertiary/aromatic N) is 3. The van der Waals surface area contributed by atoms with Crippen LogP contribution in [0.15, 0.2) is 96.0 Å². The number of pyridine rings is 1. The molecule has 0 bridgehead atoms. The lowest BCUT2D eigenvalue weighted by molar-refractivity contribution is -0.132. The first-order valence-corrected chi connectivity index (χ1v) is 14.9. The number of carbonyl (C=O) groups excluding carboxylic acids is 2. The van der Waals surface area contributed by atoms with Gasteiger partial charge in [0.2, 0.25) is 28.6 Å². The number of benzene rings is 3. The molecule has 0 saturated carbocycles. The van der Waals surface area contributed by atoms with Gasteiger partial charge in [-0.1, -0.05) is 54.6 Å². The first-order chi connectivity index (χ1) is 20.4. The van der Waals surface area contributed by atoms with E-state index in [1.54, 1.807) is 48.5 Å². The summed E-state index contributed by atoms with van der Waals surface area (Å²) in [6, 6.07) is 22.0. The maximum absolute atomic E-state index is 14.1. The molecule has 6 rings (SSSR count). The normalized spacial score (nSPS) is 17.0. The zero-order chi connectivity index (χ0) is 29.1. The average Bonchev–Trinajstić information content (AvgIpc) is 3.50. The number of para-hydroxylation sites is 1. The standard InChI is InChI=1S/C31H28N4O6S/c36-29(14-12-22-6-2-1-3-7-22)34-16-17-35(42(38,39)28-10-4-8-24-9-5-15-32-30(24)28)25(20-34)31(37)33-19-23-11-13-26-27(18-23)41-21-40-26/h1-15,18,25H,16-17,19-21H2,(H,33,37). The topological polar surface area (TPSA) is 118 Å². The van der Waals surface area contributed by atoms with Gasteiger partial charge in [0.1, 0.15) is 10.9 Å². The Morgan fingerprint density at radius 1 is 0.952 bits per heavy atom. The third kappa shape index (κ3) is 5.56. The van der Waals surface area contributed by atoms with E-state index in [0.29, 0.717) is 22.4 Å². The number of ether oxygens (including phenoxy) is 2. The maximum atomic E-state index is 14.1. The third-order valence-corrected chi connectivity index (χ3v) is 9.19. The summed E-state index contributed by atoms with van der Waals surface area (Å²) in [5.74, 6) is 0.371. The number of sulfonamides is 1. The van der Waals surface area contributed by atoms with E-state index in [1.165, 1.54) is 27.5 Å². The van der Waals surface area contributed by atoms with E-state index in [2.05, 4.69) is 10.3 Å². The van der Waals surface area contributed by atoms with E-state index in [0.717, 1.165) is 11.1 Å². The van der Waals surface area contributed by atoms with Gasteiger partial charge in [-0.25, -0.2) is 8.42 Å². The molecule has 0 spiro atoms. The van der Waals surface area contributed by atoms with Crippen LogP contribution in [0.1, 0.15) is 11.1 Å². The van der Waals surface area contributed by atoms with Crippen molar-refractivity contribution in [2.24, 2.45) is 0 Å². The van der Waals surface area contributed by atoms with Crippen LogP contribution in [0.3, 0.4) is 0 Å². The van der Waals surface area contributed by atoms with Gasteiger partial charge in [0.15, 0.2) is 11.5 Å². The Bertz CT molecular complexity index is 1770. The fraction of sp³-hybridized carbons (Fsp3) is 0.194. The Morgan fingerprint density at radius 2 is 1.76 bits per heavy atom. The molecule has 2 aliphatic heterocycles. The Labute approximate surface area is 243 Å². The van der Waals surface area contributed by atoms with Gasteiger partial charge >= 0.3 is 0 Å². The van der Waals surface area contributed by atoms with E-state index < -0.39 is 22.0 Å². The summed E-state index contributed by atoms with van der Waals surface area (Å²) >= 11 is 0. The molecule has 4 aromatic rings. The lowest BCUT2D eigenvalue weighted by Gasteiger charge is -2.39. The molecule has 1 N–H and O–H groups in total. The number of hydrogen-bond acceptors (Lipinski definition) is 7. The summed E-state index contributed by atoms with van der Waals surface area (Å²) in [5, 5.41) is 3.52. The predicted octanol–water partition coefficient (Wildman–Crippen LogP) is 3.19. The average molecular weight is 585 g/mol. The lowest BCUT2D eigenvalue weighted by Crippen LogP contribution is -2.61. The second kappa shape index (κ2) is 11.6. The molecular formula is C31H28N4O6S. The maximum Gasteiger partial charge on any atom is 0.246 e. The van der Waals surface area contributed by atoms with Crippen LogP contribution >= 0.6 is 0 Å². The number of piperazine rings is 1. The Kier molecular flexibility index (Phi) is 7.60. The largest absolute Gasteiger partial charge is 0.454 e. The van der Waals surface area contributed by atoms with E-state index in [1.807, 2.05) is 30.3 Å². The summed E-state index contributed by atoms with van der Waals surface area (Å²) in [4.78, 5) is 32.6. The summed E-state index contributed by atoms with van der Waals surface area (Å²) in [6.07, 6.45) is 4.67. The van der Waals surface area contributed by atoms with Gasteiger partial charge in [-0.2, -0.15) is 4.31 Å². The highest BCUT2D eigenvalue weighted by Gasteiger charge is 2.41. The van der Waals surface area contributed by atoms with Gasteiger partial charge in [-0.05, 0) is 41.5 Å². The zero-order valence-electron chi connectivity index (χ0n) is 22.5. The highest BCUT2D eigenvalue weighted by molar-refractivity contribution is 7.89. The molecule has 0 aliphatic carbocycles. The van der Waals surface area contributed by atoms with Crippen molar-refractivity contribution in [3.05, 3.63) is 102 Å². The Morgan fingerprint density at radius 3 is 2.62 bits per heavy atom. The molecule has 214 valence electrons. The van der Waals surface area contributed by atoms with Crippen LogP contribution in [0.5, 0.6) is 11.5 Å². The molecule has 1 aromatic heterocycles. The van der Waals surface area contributed by atoms with E-state index in [4.69, 9.17) is 9.47 Å². The molecule has 3 heterocycles. The van der Waals surface area contributed by atoms with Crippen molar-refractivity contribution in [2.75, 3.05) is 26.4 Å². The van der Waals surface area contributed by atoms with Gasteiger partial charge in [-0.3, -0.25) is 14.6 Å². The number of hydrogen-bond donors (Lipinski definition) is 1. The number of carbonyl (C=O) groups is 2. The molecule has 1 atom stereocenters. The van der Waals surface area contributed by atoms with Crippen LogP contribution < -0.4 is 14.8 Å². The Hall–Kier alpha value is -4.74. The Balaban J connectivity index is 1.27. The zero-order valence-corrected chi connectivity index (χ0v) is 23.4. The SMILES string of the molecule is O=C(NCc1ccc2c(c1)OCO2)C1CN(C(=O)C=Cc2ccccc2)CCN1S(=O)(=O)c1cccc2cccnc12. The quantitative estimate of drug-likeness (QED) is 0.332. The molecule has 1 unspecified atom stereocenters. The van der Waals surface area contributed by atoms with Crippen molar-refractivity contribution < 1.29 is 27.5 Å². The molecule has 42 heavy (non-hydrogen) atoms. The van der Waals surface area contributed by atoms with Gasteiger partial charge in [0.25, 0.3) is 0 Å². The second-order valence-electron chi connectivity index (χ2n) is 9.90. The van der Waals surface area contributed by atoms with Crippen molar-refractivity contribution in [3.63, 3.8) is 0 Å². The number of aromatic nitrogens is 1. The summed E-state index contributed by atoms with van der Waals surface area (Å²) in [5.41, 5.74) is 1.94. The molecule has 10 nitrogen and oxygen atoms in total. The fourth-order valence-electron chi connectivity index (χ4n) is 5.07. The summed E-state index contributed by atoms with van der Waals surface area (Å²) in [7, 11) is -4.16. The fourth-order valence-corrected chi connectivity index (χ4v) is 6.81. The molecule has 1 saturated heterocycles. The van der Waals surface area contributed by atoms with Crippen molar-refractivity contribution in [2.45, 2.75) is 17.5 Å². The van der Waals surface area contributed by atoms with E-state index in [-0.39, 0.29) is 43.8 Å². The molecule has 2 amide bonds. The highest BCUT2D eigenvalue weighted by Crippen LogP contribution is 2.32. The molecule has 0 radical (unpaired) electrons. The minimum atomic E-state index is -4.16. The number of rotatable bonds is 7.